The molecule has 3 rings (SSSR count). The third kappa shape index (κ3) is 2.44. The zero-order chi connectivity index (χ0) is 14.0. The van der Waals surface area contributed by atoms with Crippen molar-refractivity contribution in [3.05, 3.63) is 24.2 Å². The highest BCUT2D eigenvalue weighted by atomic mass is 16.3. The van der Waals surface area contributed by atoms with Crippen LogP contribution in [0.3, 0.4) is 0 Å². The highest BCUT2D eigenvalue weighted by Crippen LogP contribution is 2.32. The van der Waals surface area contributed by atoms with Crippen LogP contribution in [-0.4, -0.2) is 28.8 Å². The van der Waals surface area contributed by atoms with Gasteiger partial charge in [-0.2, -0.15) is 0 Å². The van der Waals surface area contributed by atoms with Crippen LogP contribution in [0.4, 0.5) is 0 Å². The fourth-order valence-corrected chi connectivity index (χ4v) is 3.26. The average Bonchev–Trinajstić information content (AvgIpc) is 2.93. The van der Waals surface area contributed by atoms with Crippen LogP contribution in [0.2, 0.25) is 0 Å². The van der Waals surface area contributed by atoms with E-state index in [0.29, 0.717) is 19.5 Å². The van der Waals surface area contributed by atoms with Crippen molar-refractivity contribution in [2.24, 2.45) is 0 Å². The number of carbonyl (C=O) groups is 2. The Hall–Kier alpha value is -1.78. The van der Waals surface area contributed by atoms with Crippen molar-refractivity contribution in [1.82, 2.24) is 10.2 Å². The van der Waals surface area contributed by atoms with Crippen molar-refractivity contribution < 1.29 is 14.0 Å². The first kappa shape index (κ1) is 13.2. The van der Waals surface area contributed by atoms with E-state index in [9.17, 15) is 9.59 Å². The van der Waals surface area contributed by atoms with Crippen molar-refractivity contribution in [3.8, 4) is 0 Å². The maximum absolute atomic E-state index is 12.9. The van der Waals surface area contributed by atoms with Gasteiger partial charge in [0.25, 0.3) is 0 Å². The Balaban J connectivity index is 1.83. The maximum atomic E-state index is 12.9. The minimum atomic E-state index is -0.668. The molecule has 1 aliphatic carbocycles. The lowest BCUT2D eigenvalue weighted by atomic mass is 9.80. The van der Waals surface area contributed by atoms with E-state index in [1.54, 1.807) is 11.2 Å². The summed E-state index contributed by atoms with van der Waals surface area (Å²) in [6.45, 7) is 0.912. The number of hydrogen-bond acceptors (Lipinski definition) is 3. The predicted octanol–water partition coefficient (Wildman–Crippen LogP) is 1.83. The first-order valence-electron chi connectivity index (χ1n) is 7.32. The van der Waals surface area contributed by atoms with Gasteiger partial charge < -0.3 is 14.6 Å². The molecule has 2 fully saturated rings. The van der Waals surface area contributed by atoms with Crippen LogP contribution >= 0.6 is 0 Å². The van der Waals surface area contributed by atoms with Crippen LogP contribution < -0.4 is 5.32 Å². The van der Waals surface area contributed by atoms with Gasteiger partial charge in [0.15, 0.2) is 0 Å². The van der Waals surface area contributed by atoms with Gasteiger partial charge in [-0.15, -0.1) is 0 Å². The van der Waals surface area contributed by atoms with Crippen molar-refractivity contribution in [2.45, 2.75) is 50.6 Å². The largest absolute Gasteiger partial charge is 0.467 e. The van der Waals surface area contributed by atoms with Crippen molar-refractivity contribution >= 4 is 11.8 Å². The first-order chi connectivity index (χ1) is 9.70. The summed E-state index contributed by atoms with van der Waals surface area (Å²) in [5, 5.41) is 2.99. The summed E-state index contributed by atoms with van der Waals surface area (Å²) >= 11 is 0. The number of nitrogens with one attached hydrogen (secondary N) is 1. The molecule has 5 nitrogen and oxygen atoms in total. The van der Waals surface area contributed by atoms with Gasteiger partial charge in [-0.05, 0) is 25.0 Å². The molecule has 1 N–H and O–H groups in total. The van der Waals surface area contributed by atoms with Gasteiger partial charge in [-0.25, -0.2) is 0 Å². The molecule has 0 radical (unpaired) electrons. The zero-order valence-electron chi connectivity index (χ0n) is 11.6. The second-order valence-electron chi connectivity index (χ2n) is 5.75. The summed E-state index contributed by atoms with van der Waals surface area (Å²) in [7, 11) is 0. The van der Waals surface area contributed by atoms with Crippen molar-refractivity contribution in [1.29, 1.82) is 0 Å². The number of nitrogens with zero attached hydrogens (tertiary/aromatic N) is 1. The van der Waals surface area contributed by atoms with Crippen LogP contribution in [0.25, 0.3) is 0 Å². The summed E-state index contributed by atoms with van der Waals surface area (Å²) in [5.41, 5.74) is -0.668. The number of amides is 2. The molecule has 1 saturated carbocycles. The molecule has 2 heterocycles. The van der Waals surface area contributed by atoms with Gasteiger partial charge in [0.2, 0.25) is 11.8 Å². The minimum absolute atomic E-state index is 0.0119. The topological polar surface area (TPSA) is 62.6 Å². The molecule has 5 heteroatoms. The van der Waals surface area contributed by atoms with E-state index in [1.807, 2.05) is 12.1 Å². The predicted molar refractivity (Wildman–Crippen MR) is 72.7 cm³/mol. The molecular weight excluding hydrogens is 256 g/mol. The maximum Gasteiger partial charge on any atom is 0.248 e. The monoisotopic (exact) mass is 276 g/mol. The van der Waals surface area contributed by atoms with Gasteiger partial charge in [0, 0.05) is 13.0 Å². The van der Waals surface area contributed by atoms with Crippen LogP contribution in [-0.2, 0) is 16.1 Å². The van der Waals surface area contributed by atoms with Crippen LogP contribution in [0.15, 0.2) is 22.8 Å². The van der Waals surface area contributed by atoms with Gasteiger partial charge in [0.1, 0.15) is 11.3 Å². The number of rotatable bonds is 2. The van der Waals surface area contributed by atoms with Crippen LogP contribution in [0, 0.1) is 0 Å². The summed E-state index contributed by atoms with van der Waals surface area (Å²) in [5.74, 6) is 0.806. The second-order valence-corrected chi connectivity index (χ2v) is 5.75. The molecule has 0 atom stereocenters. The summed E-state index contributed by atoms with van der Waals surface area (Å²) in [6.07, 6.45) is 6.63. The Morgan fingerprint density at radius 3 is 2.75 bits per heavy atom. The second kappa shape index (κ2) is 5.31. The van der Waals surface area contributed by atoms with E-state index >= 15 is 0 Å². The van der Waals surface area contributed by atoms with Crippen LogP contribution in [0.1, 0.15) is 44.3 Å². The van der Waals surface area contributed by atoms with Gasteiger partial charge >= 0.3 is 0 Å². The average molecular weight is 276 g/mol. The molecule has 0 bridgehead atoms. The Bertz CT molecular complexity index is 489. The fourth-order valence-electron chi connectivity index (χ4n) is 3.26. The van der Waals surface area contributed by atoms with Gasteiger partial charge in [-0.1, -0.05) is 19.3 Å². The van der Waals surface area contributed by atoms with Crippen molar-refractivity contribution in [2.75, 3.05) is 6.54 Å². The number of furan rings is 1. The molecule has 20 heavy (non-hydrogen) atoms. The molecule has 0 aromatic carbocycles. The van der Waals surface area contributed by atoms with Gasteiger partial charge in [-0.3, -0.25) is 9.59 Å². The van der Waals surface area contributed by atoms with E-state index in [-0.39, 0.29) is 11.8 Å². The van der Waals surface area contributed by atoms with Crippen LogP contribution in [0.5, 0.6) is 0 Å². The molecule has 2 aliphatic rings. The molecule has 2 amide bonds. The molecule has 108 valence electrons. The molecule has 1 aromatic rings. The lowest BCUT2D eigenvalue weighted by molar-refractivity contribution is -0.141. The molecule has 0 unspecified atom stereocenters. The molecule has 1 spiro atoms. The Labute approximate surface area is 118 Å². The fraction of sp³-hybridized carbons (Fsp3) is 0.600. The molecule has 1 saturated heterocycles. The molecular formula is C15H20N2O3. The standard InChI is InChI=1S/C15H20N2O3/c18-13-6-9-17(11-12-5-4-10-20-12)14(19)15(16-13)7-2-1-3-8-15/h4-5,10H,1-3,6-9,11H2,(H,16,18). The Morgan fingerprint density at radius 1 is 1.25 bits per heavy atom. The Morgan fingerprint density at radius 2 is 2.05 bits per heavy atom. The third-order valence-electron chi connectivity index (χ3n) is 4.32. The summed E-state index contributed by atoms with van der Waals surface area (Å²) < 4.78 is 5.33. The van der Waals surface area contributed by atoms with E-state index < -0.39 is 5.54 Å². The van der Waals surface area contributed by atoms with E-state index in [2.05, 4.69) is 5.32 Å². The molecule has 1 aromatic heterocycles. The minimum Gasteiger partial charge on any atom is -0.467 e. The molecule has 1 aliphatic heterocycles. The van der Waals surface area contributed by atoms with E-state index in [1.165, 1.54) is 0 Å². The third-order valence-corrected chi connectivity index (χ3v) is 4.32. The zero-order valence-corrected chi connectivity index (χ0v) is 11.6. The number of hydrogen-bond donors (Lipinski definition) is 1. The first-order valence-corrected chi connectivity index (χ1v) is 7.32. The summed E-state index contributed by atoms with van der Waals surface area (Å²) in [4.78, 5) is 26.6. The van der Waals surface area contributed by atoms with E-state index in [0.717, 1.165) is 37.9 Å². The highest BCUT2D eigenvalue weighted by molar-refractivity contribution is 5.93. The van der Waals surface area contributed by atoms with E-state index in [4.69, 9.17) is 4.42 Å². The van der Waals surface area contributed by atoms with Gasteiger partial charge in [0.05, 0.1) is 12.8 Å². The summed E-state index contributed by atoms with van der Waals surface area (Å²) in [6, 6.07) is 3.68. The number of carbonyl (C=O) groups excluding carboxylic acids is 2. The Kier molecular flexibility index (Phi) is 3.51. The normalized spacial score (nSPS) is 22.7. The lowest BCUT2D eigenvalue weighted by Gasteiger charge is -2.37. The van der Waals surface area contributed by atoms with Crippen molar-refractivity contribution in [3.63, 3.8) is 0 Å². The SMILES string of the molecule is O=C1CCN(Cc2ccco2)C(=O)C2(CCCCC2)N1. The smallest absolute Gasteiger partial charge is 0.248 e. The lowest BCUT2D eigenvalue weighted by Crippen LogP contribution is -2.57. The quantitative estimate of drug-likeness (QED) is 0.896. The highest BCUT2D eigenvalue weighted by Gasteiger charge is 2.45.